The monoisotopic (exact) mass is 382 g/mol. The molecule has 0 bridgehead atoms. The zero-order chi connectivity index (χ0) is 16.1. The predicted octanol–water partition coefficient (Wildman–Crippen LogP) is 3.89. The summed E-state index contributed by atoms with van der Waals surface area (Å²) in [6.45, 7) is 2.49. The average Bonchev–Trinajstić information content (AvgIpc) is 2.45. The van der Waals surface area contributed by atoms with Crippen LogP contribution in [-0.4, -0.2) is 12.5 Å². The molecule has 0 radical (unpaired) electrons. The summed E-state index contributed by atoms with van der Waals surface area (Å²) < 4.78 is 6.27. The van der Waals surface area contributed by atoms with Crippen molar-refractivity contribution in [3.05, 3.63) is 57.0 Å². The van der Waals surface area contributed by atoms with Crippen molar-refractivity contribution >= 4 is 39.1 Å². The third-order valence-corrected chi connectivity index (χ3v) is 3.83. The fraction of sp³-hybridized carbons (Fsp3) is 0.188. The number of nitrogens with one attached hydrogen (secondary N) is 1. The van der Waals surface area contributed by atoms with Crippen molar-refractivity contribution < 1.29 is 9.53 Å². The molecule has 2 aromatic carbocycles. The molecule has 0 aliphatic rings. The van der Waals surface area contributed by atoms with E-state index in [2.05, 4.69) is 27.3 Å². The largest absolute Gasteiger partial charge is 0.482 e. The summed E-state index contributed by atoms with van der Waals surface area (Å²) in [6, 6.07) is 11.5. The molecule has 1 amide bonds. The zero-order valence-corrected chi connectivity index (χ0v) is 14.4. The summed E-state index contributed by atoms with van der Waals surface area (Å²) in [4.78, 5) is 10.7. The lowest BCUT2D eigenvalue weighted by Crippen LogP contribution is -2.20. The molecular weight excluding hydrogens is 368 g/mol. The van der Waals surface area contributed by atoms with Crippen LogP contribution in [0.4, 0.5) is 5.69 Å². The van der Waals surface area contributed by atoms with E-state index in [-0.39, 0.29) is 6.61 Å². The van der Waals surface area contributed by atoms with Gasteiger partial charge in [-0.2, -0.15) is 0 Å². The van der Waals surface area contributed by atoms with Crippen molar-refractivity contribution in [2.45, 2.75) is 13.5 Å². The van der Waals surface area contributed by atoms with Crippen LogP contribution in [0, 0.1) is 6.92 Å². The number of anilines is 1. The quantitative estimate of drug-likeness (QED) is 0.795. The first kappa shape index (κ1) is 16.6. The second-order valence-electron chi connectivity index (χ2n) is 4.83. The lowest BCUT2D eigenvalue weighted by atomic mass is 10.1. The Kier molecular flexibility index (Phi) is 5.69. The van der Waals surface area contributed by atoms with E-state index in [1.165, 1.54) is 0 Å². The summed E-state index contributed by atoms with van der Waals surface area (Å²) in [6.07, 6.45) is 0. The molecule has 116 valence electrons. The number of ether oxygens (including phenoxy) is 1. The van der Waals surface area contributed by atoms with Gasteiger partial charge in [-0.15, -0.1) is 0 Å². The van der Waals surface area contributed by atoms with Crippen LogP contribution < -0.4 is 15.8 Å². The second-order valence-corrected chi connectivity index (χ2v) is 6.16. The SMILES string of the molecule is Cc1cc(Br)ccc1NCc1ccc(OCC(N)=O)c(Cl)c1. The van der Waals surface area contributed by atoms with E-state index in [9.17, 15) is 4.79 Å². The van der Waals surface area contributed by atoms with Gasteiger partial charge in [0.2, 0.25) is 0 Å². The Balaban J connectivity index is 2.01. The molecule has 0 fully saturated rings. The molecule has 2 aromatic rings. The number of carbonyl (C=O) groups excluding carboxylic acids is 1. The van der Waals surface area contributed by atoms with Gasteiger partial charge in [0, 0.05) is 16.7 Å². The highest BCUT2D eigenvalue weighted by atomic mass is 79.9. The molecule has 0 aromatic heterocycles. The van der Waals surface area contributed by atoms with Crippen molar-refractivity contribution in [2.24, 2.45) is 5.73 Å². The normalized spacial score (nSPS) is 10.3. The number of hydrogen-bond donors (Lipinski definition) is 2. The fourth-order valence-corrected chi connectivity index (χ4v) is 2.68. The molecule has 0 atom stereocenters. The summed E-state index contributed by atoms with van der Waals surface area (Å²) in [7, 11) is 0. The van der Waals surface area contributed by atoms with Crippen LogP contribution in [0.2, 0.25) is 5.02 Å². The maximum atomic E-state index is 10.7. The number of nitrogens with two attached hydrogens (primary N) is 1. The number of rotatable bonds is 6. The van der Waals surface area contributed by atoms with Gasteiger partial charge in [-0.3, -0.25) is 4.79 Å². The average molecular weight is 384 g/mol. The van der Waals surface area contributed by atoms with Crippen molar-refractivity contribution in [1.29, 1.82) is 0 Å². The number of halogens is 2. The second kappa shape index (κ2) is 7.51. The van der Waals surface area contributed by atoms with Gasteiger partial charge in [0.15, 0.2) is 6.61 Å². The molecule has 4 nitrogen and oxygen atoms in total. The van der Waals surface area contributed by atoms with Crippen molar-refractivity contribution in [3.63, 3.8) is 0 Å². The third kappa shape index (κ3) is 4.64. The molecule has 6 heteroatoms. The molecule has 0 unspecified atom stereocenters. The molecule has 22 heavy (non-hydrogen) atoms. The van der Waals surface area contributed by atoms with Crippen LogP contribution in [0.3, 0.4) is 0 Å². The molecule has 0 heterocycles. The molecule has 0 aliphatic heterocycles. The van der Waals surface area contributed by atoms with E-state index < -0.39 is 5.91 Å². The zero-order valence-electron chi connectivity index (χ0n) is 12.0. The van der Waals surface area contributed by atoms with E-state index >= 15 is 0 Å². The first-order valence-electron chi connectivity index (χ1n) is 6.65. The van der Waals surface area contributed by atoms with E-state index in [0.717, 1.165) is 21.3 Å². The highest BCUT2D eigenvalue weighted by Gasteiger charge is 2.05. The Bertz CT molecular complexity index is 692. The highest BCUT2D eigenvalue weighted by molar-refractivity contribution is 9.10. The van der Waals surface area contributed by atoms with Crippen molar-refractivity contribution in [1.82, 2.24) is 0 Å². The van der Waals surface area contributed by atoms with Crippen LogP contribution in [0.5, 0.6) is 5.75 Å². The Hall–Kier alpha value is -1.72. The van der Waals surface area contributed by atoms with Crippen LogP contribution in [0.25, 0.3) is 0 Å². The molecule has 0 saturated heterocycles. The van der Waals surface area contributed by atoms with E-state index in [4.69, 9.17) is 22.1 Å². The minimum absolute atomic E-state index is 0.185. The maximum Gasteiger partial charge on any atom is 0.255 e. The Morgan fingerprint density at radius 3 is 2.73 bits per heavy atom. The highest BCUT2D eigenvalue weighted by Crippen LogP contribution is 2.26. The van der Waals surface area contributed by atoms with Gasteiger partial charge < -0.3 is 15.8 Å². The number of primary amides is 1. The molecule has 0 spiro atoms. The minimum Gasteiger partial charge on any atom is -0.482 e. The van der Waals surface area contributed by atoms with Crippen LogP contribution in [0.15, 0.2) is 40.9 Å². The van der Waals surface area contributed by atoms with Crippen molar-refractivity contribution in [3.8, 4) is 5.75 Å². The van der Waals surface area contributed by atoms with Gasteiger partial charge in [-0.25, -0.2) is 0 Å². The molecule has 0 aliphatic carbocycles. The topological polar surface area (TPSA) is 64.3 Å². The van der Waals surface area contributed by atoms with Crippen LogP contribution >= 0.6 is 27.5 Å². The van der Waals surface area contributed by atoms with Gasteiger partial charge in [0.1, 0.15) is 5.75 Å². The first-order valence-corrected chi connectivity index (χ1v) is 7.82. The third-order valence-electron chi connectivity index (χ3n) is 3.04. The molecule has 3 N–H and O–H groups in total. The lowest BCUT2D eigenvalue weighted by Gasteiger charge is -2.12. The lowest BCUT2D eigenvalue weighted by molar-refractivity contribution is -0.119. The van der Waals surface area contributed by atoms with Crippen LogP contribution in [0.1, 0.15) is 11.1 Å². The van der Waals surface area contributed by atoms with Crippen molar-refractivity contribution in [2.75, 3.05) is 11.9 Å². The standard InChI is InChI=1S/C16H16BrClN2O2/c1-10-6-12(17)3-4-14(10)20-8-11-2-5-15(13(18)7-11)22-9-16(19)21/h2-7,20H,8-9H2,1H3,(H2,19,21). The van der Waals surface area contributed by atoms with E-state index in [0.29, 0.717) is 17.3 Å². The van der Waals surface area contributed by atoms with Gasteiger partial charge in [0.05, 0.1) is 5.02 Å². The first-order chi connectivity index (χ1) is 10.5. The number of carbonyl (C=O) groups is 1. The number of benzene rings is 2. The molecule has 2 rings (SSSR count). The Morgan fingerprint density at radius 1 is 1.32 bits per heavy atom. The van der Waals surface area contributed by atoms with Crippen LogP contribution in [-0.2, 0) is 11.3 Å². The predicted molar refractivity (Wildman–Crippen MR) is 92.3 cm³/mol. The van der Waals surface area contributed by atoms with Gasteiger partial charge >= 0.3 is 0 Å². The number of hydrogen-bond acceptors (Lipinski definition) is 3. The molecule has 0 saturated carbocycles. The summed E-state index contributed by atoms with van der Waals surface area (Å²) in [5.41, 5.74) is 8.27. The Labute approximate surface area is 142 Å². The Morgan fingerprint density at radius 2 is 2.09 bits per heavy atom. The number of aryl methyl sites for hydroxylation is 1. The molecular formula is C16H16BrClN2O2. The summed E-state index contributed by atoms with van der Waals surface area (Å²) >= 11 is 9.58. The fourth-order valence-electron chi connectivity index (χ4n) is 1.94. The van der Waals surface area contributed by atoms with Gasteiger partial charge in [-0.05, 0) is 48.4 Å². The number of amides is 1. The van der Waals surface area contributed by atoms with Gasteiger partial charge in [-0.1, -0.05) is 33.6 Å². The summed E-state index contributed by atoms with van der Waals surface area (Å²) in [5, 5.41) is 3.81. The van der Waals surface area contributed by atoms with E-state index in [1.807, 2.05) is 25.1 Å². The minimum atomic E-state index is -0.535. The van der Waals surface area contributed by atoms with E-state index in [1.54, 1.807) is 12.1 Å². The summed E-state index contributed by atoms with van der Waals surface area (Å²) in [5.74, 6) is -0.0865. The van der Waals surface area contributed by atoms with Gasteiger partial charge in [0.25, 0.3) is 5.91 Å². The maximum absolute atomic E-state index is 10.7. The smallest absolute Gasteiger partial charge is 0.255 e.